The molecule has 118 valence electrons. The first-order valence-electron chi connectivity index (χ1n) is 7.89. The molecule has 1 aromatic carbocycles. The van der Waals surface area contributed by atoms with Gasteiger partial charge in [0, 0.05) is 48.5 Å². The lowest BCUT2D eigenvalue weighted by atomic mass is 9.85. The molecule has 3 aromatic rings. The fraction of sp³-hybridized carbons (Fsp3) is 0.333. The molecule has 1 unspecified atom stereocenters. The Kier molecular flexibility index (Phi) is 3.04. The fourth-order valence-electron chi connectivity index (χ4n) is 3.77. The van der Waals surface area contributed by atoms with Crippen molar-refractivity contribution in [3.8, 4) is 5.75 Å². The van der Waals surface area contributed by atoms with E-state index in [0.717, 1.165) is 40.8 Å². The normalized spacial score (nSPS) is 17.7. The van der Waals surface area contributed by atoms with E-state index in [4.69, 9.17) is 0 Å². The van der Waals surface area contributed by atoms with Crippen LogP contribution in [0.4, 0.5) is 0 Å². The van der Waals surface area contributed by atoms with E-state index in [-0.39, 0.29) is 17.5 Å². The van der Waals surface area contributed by atoms with Gasteiger partial charge in [0.2, 0.25) is 0 Å². The predicted octanol–water partition coefficient (Wildman–Crippen LogP) is 2.83. The molecule has 2 heterocycles. The second-order valence-corrected chi connectivity index (χ2v) is 6.28. The number of aryl methyl sites for hydroxylation is 2. The van der Waals surface area contributed by atoms with Crippen LogP contribution in [0.2, 0.25) is 0 Å². The third-order valence-corrected chi connectivity index (χ3v) is 5.00. The molecule has 0 saturated heterocycles. The second kappa shape index (κ2) is 4.98. The first-order valence-corrected chi connectivity index (χ1v) is 7.89. The Morgan fingerprint density at radius 1 is 1.39 bits per heavy atom. The number of hydrogen-bond acceptors (Lipinski definition) is 3. The summed E-state index contributed by atoms with van der Waals surface area (Å²) in [5, 5.41) is 11.0. The van der Waals surface area contributed by atoms with Gasteiger partial charge in [0.25, 0.3) is 0 Å². The van der Waals surface area contributed by atoms with Gasteiger partial charge in [-0.1, -0.05) is 12.1 Å². The van der Waals surface area contributed by atoms with E-state index < -0.39 is 0 Å². The van der Waals surface area contributed by atoms with E-state index in [9.17, 15) is 9.90 Å². The van der Waals surface area contributed by atoms with Gasteiger partial charge < -0.3 is 14.2 Å². The zero-order valence-corrected chi connectivity index (χ0v) is 13.3. The number of Topliss-reactive ketones (excluding diaryl/α,β-unsaturated/α-hetero) is 1. The Labute approximate surface area is 134 Å². The van der Waals surface area contributed by atoms with Crippen LogP contribution in [0.15, 0.2) is 30.6 Å². The van der Waals surface area contributed by atoms with Crippen LogP contribution in [-0.2, 0) is 20.0 Å². The highest BCUT2D eigenvalue weighted by Crippen LogP contribution is 2.37. The van der Waals surface area contributed by atoms with Crippen LogP contribution in [0.5, 0.6) is 5.75 Å². The molecule has 0 aliphatic heterocycles. The maximum absolute atomic E-state index is 13.1. The average molecular weight is 309 g/mol. The lowest BCUT2D eigenvalue weighted by Gasteiger charge is -2.23. The Bertz CT molecular complexity index is 920. The SMILES string of the molecule is Cc1nccn1CC1CCc2c(c3cccc(O)c3n2C)C1=O. The van der Waals surface area contributed by atoms with E-state index >= 15 is 0 Å². The minimum absolute atomic E-state index is 0.0386. The molecular formula is C18H19N3O2. The Morgan fingerprint density at radius 3 is 2.96 bits per heavy atom. The first-order chi connectivity index (χ1) is 11.1. The van der Waals surface area contributed by atoms with Crippen LogP contribution in [0.1, 0.15) is 28.3 Å². The van der Waals surface area contributed by atoms with Crippen molar-refractivity contribution in [1.82, 2.24) is 14.1 Å². The van der Waals surface area contributed by atoms with E-state index in [1.54, 1.807) is 18.3 Å². The summed E-state index contributed by atoms with van der Waals surface area (Å²) < 4.78 is 4.01. The average Bonchev–Trinajstić information content (AvgIpc) is 3.06. The molecule has 2 aromatic heterocycles. The fourth-order valence-corrected chi connectivity index (χ4v) is 3.77. The number of phenolic OH excluding ortho intramolecular Hbond substituents is 1. The lowest BCUT2D eigenvalue weighted by molar-refractivity contribution is 0.0888. The summed E-state index contributed by atoms with van der Waals surface area (Å²) in [4.78, 5) is 17.3. The van der Waals surface area contributed by atoms with Crippen molar-refractivity contribution in [3.63, 3.8) is 0 Å². The van der Waals surface area contributed by atoms with Gasteiger partial charge >= 0.3 is 0 Å². The molecule has 5 heteroatoms. The number of carbonyl (C=O) groups excluding carboxylic acids is 1. The van der Waals surface area contributed by atoms with Gasteiger partial charge in [-0.2, -0.15) is 0 Å². The first kappa shape index (κ1) is 14.1. The lowest BCUT2D eigenvalue weighted by Crippen LogP contribution is -2.27. The number of aromatic hydroxyl groups is 1. The van der Waals surface area contributed by atoms with E-state index in [2.05, 4.69) is 4.98 Å². The van der Waals surface area contributed by atoms with Crippen molar-refractivity contribution >= 4 is 16.7 Å². The molecule has 0 fully saturated rings. The maximum Gasteiger partial charge on any atom is 0.170 e. The molecule has 4 rings (SSSR count). The molecule has 1 aliphatic rings. The maximum atomic E-state index is 13.1. The number of para-hydroxylation sites is 1. The Morgan fingerprint density at radius 2 is 2.22 bits per heavy atom. The zero-order chi connectivity index (χ0) is 16.1. The number of ketones is 1. The molecule has 0 amide bonds. The van der Waals surface area contributed by atoms with Crippen molar-refractivity contribution in [2.45, 2.75) is 26.3 Å². The summed E-state index contributed by atoms with van der Waals surface area (Å²) in [6, 6.07) is 5.40. The van der Waals surface area contributed by atoms with Gasteiger partial charge in [0.15, 0.2) is 5.78 Å². The van der Waals surface area contributed by atoms with Gasteiger partial charge in [-0.25, -0.2) is 4.98 Å². The van der Waals surface area contributed by atoms with Crippen LogP contribution < -0.4 is 0 Å². The number of imidazole rings is 1. The molecule has 0 radical (unpaired) electrons. The summed E-state index contributed by atoms with van der Waals surface area (Å²) in [6.45, 7) is 2.62. The largest absolute Gasteiger partial charge is 0.506 e. The van der Waals surface area contributed by atoms with Crippen molar-refractivity contribution in [3.05, 3.63) is 47.7 Å². The molecule has 0 spiro atoms. The number of aromatic nitrogens is 3. The molecule has 1 atom stereocenters. The number of rotatable bonds is 2. The predicted molar refractivity (Wildman–Crippen MR) is 87.7 cm³/mol. The summed E-state index contributed by atoms with van der Waals surface area (Å²) in [5.41, 5.74) is 2.57. The summed E-state index contributed by atoms with van der Waals surface area (Å²) >= 11 is 0. The molecule has 1 N–H and O–H groups in total. The highest BCUT2D eigenvalue weighted by Gasteiger charge is 2.32. The zero-order valence-electron chi connectivity index (χ0n) is 13.3. The number of nitrogens with zero attached hydrogens (tertiary/aromatic N) is 3. The topological polar surface area (TPSA) is 60.0 Å². The van der Waals surface area contributed by atoms with E-state index in [1.807, 2.05) is 35.4 Å². The third-order valence-electron chi connectivity index (χ3n) is 5.00. The molecule has 0 saturated carbocycles. The van der Waals surface area contributed by atoms with Crippen molar-refractivity contribution in [1.29, 1.82) is 0 Å². The second-order valence-electron chi connectivity index (χ2n) is 6.28. The quantitative estimate of drug-likeness (QED) is 0.792. The highest BCUT2D eigenvalue weighted by atomic mass is 16.3. The van der Waals surface area contributed by atoms with Crippen molar-refractivity contribution < 1.29 is 9.90 Å². The van der Waals surface area contributed by atoms with E-state index in [0.29, 0.717) is 6.54 Å². The summed E-state index contributed by atoms with van der Waals surface area (Å²) in [6.07, 6.45) is 5.37. The number of carbonyl (C=O) groups is 1. The molecule has 5 nitrogen and oxygen atoms in total. The number of benzene rings is 1. The van der Waals surface area contributed by atoms with Gasteiger partial charge in [0.05, 0.1) is 5.52 Å². The van der Waals surface area contributed by atoms with Crippen LogP contribution >= 0.6 is 0 Å². The molecular weight excluding hydrogens is 290 g/mol. The monoisotopic (exact) mass is 309 g/mol. The Hall–Kier alpha value is -2.56. The Balaban J connectivity index is 1.80. The van der Waals surface area contributed by atoms with Crippen LogP contribution in [0.25, 0.3) is 10.9 Å². The smallest absolute Gasteiger partial charge is 0.170 e. The number of hydrogen-bond donors (Lipinski definition) is 1. The number of fused-ring (bicyclic) bond motifs is 3. The number of phenols is 1. The van der Waals surface area contributed by atoms with Gasteiger partial charge in [-0.15, -0.1) is 0 Å². The summed E-state index contributed by atoms with van der Waals surface area (Å²) in [7, 11) is 1.93. The van der Waals surface area contributed by atoms with Crippen molar-refractivity contribution in [2.24, 2.45) is 13.0 Å². The van der Waals surface area contributed by atoms with Crippen LogP contribution in [-0.4, -0.2) is 25.0 Å². The third kappa shape index (κ3) is 2.00. The van der Waals surface area contributed by atoms with Gasteiger partial charge in [0.1, 0.15) is 11.6 Å². The highest BCUT2D eigenvalue weighted by molar-refractivity contribution is 6.12. The summed E-state index contributed by atoms with van der Waals surface area (Å²) in [5.74, 6) is 1.30. The minimum Gasteiger partial charge on any atom is -0.506 e. The molecule has 23 heavy (non-hydrogen) atoms. The standard InChI is InChI=1S/C18H19N3O2/c1-11-19-8-9-21(11)10-12-6-7-14-16(18(12)23)13-4-3-5-15(22)17(13)20(14)2/h3-5,8-9,12,22H,6-7,10H2,1-2H3. The molecule has 1 aliphatic carbocycles. The van der Waals surface area contributed by atoms with Gasteiger partial charge in [-0.05, 0) is 25.8 Å². The van der Waals surface area contributed by atoms with Crippen LogP contribution in [0, 0.1) is 12.8 Å². The minimum atomic E-state index is -0.0386. The van der Waals surface area contributed by atoms with E-state index in [1.165, 1.54) is 0 Å². The van der Waals surface area contributed by atoms with Gasteiger partial charge in [-0.3, -0.25) is 4.79 Å². The van der Waals surface area contributed by atoms with Crippen LogP contribution in [0.3, 0.4) is 0 Å². The van der Waals surface area contributed by atoms with Crippen molar-refractivity contribution in [2.75, 3.05) is 0 Å². The molecule has 0 bridgehead atoms.